The van der Waals surface area contributed by atoms with Crippen LogP contribution in [0.3, 0.4) is 0 Å². The third-order valence-electron chi connectivity index (χ3n) is 2.05. The average molecular weight is 227 g/mol. The average Bonchev–Trinajstić information content (AvgIpc) is 2.28. The van der Waals surface area contributed by atoms with Crippen molar-refractivity contribution in [2.24, 2.45) is 0 Å². The van der Waals surface area contributed by atoms with Gasteiger partial charge in [-0.05, 0) is 24.1 Å². The summed E-state index contributed by atoms with van der Waals surface area (Å²) in [7, 11) is 0. The Labute approximate surface area is 95.4 Å². The number of ether oxygens (including phenoxy) is 2. The van der Waals surface area contributed by atoms with E-state index in [2.05, 4.69) is 6.92 Å². The van der Waals surface area contributed by atoms with E-state index in [0.717, 1.165) is 18.6 Å². The monoisotopic (exact) mass is 227 g/mol. The summed E-state index contributed by atoms with van der Waals surface area (Å²) in [5.74, 6) is -0.400. The van der Waals surface area contributed by atoms with Crippen LogP contribution in [0.5, 0.6) is 0 Å². The number of rotatable bonds is 7. The lowest BCUT2D eigenvalue weighted by atomic mass is 10.2. The van der Waals surface area contributed by atoms with E-state index >= 15 is 0 Å². The largest absolute Gasteiger partial charge is 0.396 e. The number of halogens is 1. The van der Waals surface area contributed by atoms with Gasteiger partial charge >= 0.3 is 0 Å². The third-order valence-corrected chi connectivity index (χ3v) is 2.05. The van der Waals surface area contributed by atoms with E-state index in [9.17, 15) is 4.39 Å². The van der Waals surface area contributed by atoms with Gasteiger partial charge in [0.1, 0.15) is 5.82 Å². The molecule has 0 amide bonds. The smallest absolute Gasteiger partial charge is 0.146 e. The zero-order chi connectivity index (χ0) is 11.8. The highest BCUT2D eigenvalue weighted by Crippen LogP contribution is 2.12. The quantitative estimate of drug-likeness (QED) is 0.574. The summed E-state index contributed by atoms with van der Waals surface area (Å²) < 4.78 is 23.6. The van der Waals surface area contributed by atoms with Gasteiger partial charge < -0.3 is 15.2 Å². The maximum atomic E-state index is 13.0. The lowest BCUT2D eigenvalue weighted by molar-refractivity contribution is 0.0408. The minimum atomic E-state index is -0.400. The number of hydrogen-bond acceptors (Lipinski definition) is 3. The molecule has 0 heterocycles. The van der Waals surface area contributed by atoms with Crippen molar-refractivity contribution in [3.63, 3.8) is 0 Å². The molecule has 1 aromatic carbocycles. The van der Waals surface area contributed by atoms with Gasteiger partial charge in [-0.2, -0.15) is 0 Å². The molecule has 1 rings (SSSR count). The summed E-state index contributed by atoms with van der Waals surface area (Å²) >= 11 is 0. The van der Waals surface area contributed by atoms with Crippen molar-refractivity contribution in [3.8, 4) is 0 Å². The number of hydrogen-bond donors (Lipinski definition) is 1. The van der Waals surface area contributed by atoms with Crippen LogP contribution in [0, 0.1) is 5.82 Å². The number of nitrogens with two attached hydrogens (primary N) is 1. The molecule has 0 aromatic heterocycles. The molecule has 16 heavy (non-hydrogen) atoms. The topological polar surface area (TPSA) is 44.5 Å². The normalized spacial score (nSPS) is 10.6. The summed E-state index contributed by atoms with van der Waals surface area (Å²) in [5, 5.41) is 0. The summed E-state index contributed by atoms with van der Waals surface area (Å²) in [6.07, 6.45) is 1.00. The minimum absolute atomic E-state index is 0.162. The second-order valence-electron chi connectivity index (χ2n) is 3.52. The number of nitrogen functional groups attached to an aromatic ring is 1. The summed E-state index contributed by atoms with van der Waals surface area (Å²) in [5.41, 5.74) is 6.30. The number of anilines is 1. The van der Waals surface area contributed by atoms with Crippen molar-refractivity contribution in [2.45, 2.75) is 20.0 Å². The zero-order valence-corrected chi connectivity index (χ0v) is 9.54. The summed E-state index contributed by atoms with van der Waals surface area (Å²) in [6.45, 7) is 4.28. The highest BCUT2D eigenvalue weighted by molar-refractivity contribution is 5.41. The van der Waals surface area contributed by atoms with Crippen LogP contribution in [0.25, 0.3) is 0 Å². The molecule has 0 saturated carbocycles. The fourth-order valence-corrected chi connectivity index (χ4v) is 1.21. The van der Waals surface area contributed by atoms with Crippen LogP contribution in [0.2, 0.25) is 0 Å². The van der Waals surface area contributed by atoms with E-state index in [1.807, 2.05) is 0 Å². The maximum Gasteiger partial charge on any atom is 0.146 e. The van der Waals surface area contributed by atoms with Gasteiger partial charge in [-0.3, -0.25) is 0 Å². The first-order valence-corrected chi connectivity index (χ1v) is 5.43. The molecule has 3 nitrogen and oxygen atoms in total. The maximum absolute atomic E-state index is 13.0. The van der Waals surface area contributed by atoms with Gasteiger partial charge in [0.2, 0.25) is 0 Å². The molecule has 0 bridgehead atoms. The predicted molar refractivity (Wildman–Crippen MR) is 61.6 cm³/mol. The summed E-state index contributed by atoms with van der Waals surface area (Å²) in [4.78, 5) is 0. The lowest BCUT2D eigenvalue weighted by Gasteiger charge is -2.06. The second-order valence-corrected chi connectivity index (χ2v) is 3.52. The van der Waals surface area contributed by atoms with Crippen LogP contribution in [-0.4, -0.2) is 19.8 Å². The minimum Gasteiger partial charge on any atom is -0.396 e. The highest BCUT2D eigenvalue weighted by atomic mass is 19.1. The molecule has 0 aliphatic heterocycles. The molecule has 0 aliphatic carbocycles. The number of benzene rings is 1. The molecule has 1 aromatic rings. The van der Waals surface area contributed by atoms with E-state index < -0.39 is 5.82 Å². The SMILES string of the molecule is CCCOCCOCc1ccc(N)c(F)c1. The molecule has 4 heteroatoms. The molecule has 0 radical (unpaired) electrons. The Balaban J connectivity index is 2.19. The van der Waals surface area contributed by atoms with Gasteiger partial charge in [0.15, 0.2) is 0 Å². The van der Waals surface area contributed by atoms with Crippen molar-refractivity contribution in [1.82, 2.24) is 0 Å². The van der Waals surface area contributed by atoms with Crippen molar-refractivity contribution in [3.05, 3.63) is 29.6 Å². The fraction of sp³-hybridized carbons (Fsp3) is 0.500. The van der Waals surface area contributed by atoms with Gasteiger partial charge in [-0.25, -0.2) is 4.39 Å². The van der Waals surface area contributed by atoms with E-state index in [0.29, 0.717) is 19.8 Å². The Bertz CT molecular complexity index is 318. The Morgan fingerprint density at radius 3 is 2.62 bits per heavy atom. The van der Waals surface area contributed by atoms with Crippen LogP contribution in [0.4, 0.5) is 10.1 Å². The van der Waals surface area contributed by atoms with Crippen LogP contribution in [0.1, 0.15) is 18.9 Å². The van der Waals surface area contributed by atoms with Crippen molar-refractivity contribution < 1.29 is 13.9 Å². The first kappa shape index (κ1) is 12.9. The van der Waals surface area contributed by atoms with Crippen LogP contribution >= 0.6 is 0 Å². The van der Waals surface area contributed by atoms with E-state index in [4.69, 9.17) is 15.2 Å². The van der Waals surface area contributed by atoms with Crippen molar-refractivity contribution >= 4 is 5.69 Å². The van der Waals surface area contributed by atoms with Crippen LogP contribution in [-0.2, 0) is 16.1 Å². The van der Waals surface area contributed by atoms with Crippen molar-refractivity contribution in [2.75, 3.05) is 25.6 Å². The van der Waals surface area contributed by atoms with Crippen LogP contribution < -0.4 is 5.73 Å². The van der Waals surface area contributed by atoms with E-state index in [-0.39, 0.29) is 5.69 Å². The molecule has 0 unspecified atom stereocenters. The zero-order valence-electron chi connectivity index (χ0n) is 9.54. The predicted octanol–water partition coefficient (Wildman–Crippen LogP) is 2.35. The summed E-state index contributed by atoms with van der Waals surface area (Å²) in [6, 6.07) is 4.69. The van der Waals surface area contributed by atoms with E-state index in [1.54, 1.807) is 12.1 Å². The molecular weight excluding hydrogens is 209 g/mol. The molecule has 0 atom stereocenters. The molecule has 90 valence electrons. The molecule has 0 saturated heterocycles. The Morgan fingerprint density at radius 1 is 1.19 bits per heavy atom. The first-order valence-electron chi connectivity index (χ1n) is 5.43. The van der Waals surface area contributed by atoms with Gasteiger partial charge in [-0.15, -0.1) is 0 Å². The molecule has 0 fully saturated rings. The van der Waals surface area contributed by atoms with Crippen LogP contribution in [0.15, 0.2) is 18.2 Å². The molecule has 2 N–H and O–H groups in total. The third kappa shape index (κ3) is 4.59. The Kier molecular flexibility index (Phi) is 5.82. The lowest BCUT2D eigenvalue weighted by Crippen LogP contribution is -2.05. The van der Waals surface area contributed by atoms with Gasteiger partial charge in [0.25, 0.3) is 0 Å². The van der Waals surface area contributed by atoms with E-state index in [1.165, 1.54) is 6.07 Å². The Hall–Kier alpha value is -1.13. The van der Waals surface area contributed by atoms with Gasteiger partial charge in [0, 0.05) is 6.61 Å². The molecule has 0 aliphatic rings. The first-order chi connectivity index (χ1) is 7.74. The second kappa shape index (κ2) is 7.19. The van der Waals surface area contributed by atoms with Gasteiger partial charge in [0.05, 0.1) is 25.5 Å². The van der Waals surface area contributed by atoms with Crippen molar-refractivity contribution in [1.29, 1.82) is 0 Å². The van der Waals surface area contributed by atoms with Gasteiger partial charge in [-0.1, -0.05) is 13.0 Å². The standard InChI is InChI=1S/C12H18FNO2/c1-2-5-15-6-7-16-9-10-3-4-12(14)11(13)8-10/h3-4,8H,2,5-7,9,14H2,1H3. The Morgan fingerprint density at radius 2 is 1.94 bits per heavy atom. The fourth-order valence-electron chi connectivity index (χ4n) is 1.21. The molecular formula is C12H18FNO2. The molecule has 0 spiro atoms. The highest BCUT2D eigenvalue weighted by Gasteiger charge is 1.99.